The van der Waals surface area contributed by atoms with E-state index in [9.17, 15) is 9.59 Å². The highest BCUT2D eigenvalue weighted by atomic mass is 16.2. The van der Waals surface area contributed by atoms with Crippen LogP contribution in [-0.4, -0.2) is 33.0 Å². The molecule has 2 aromatic rings. The number of hydrogen-bond donors (Lipinski definition) is 4. The van der Waals surface area contributed by atoms with Gasteiger partial charge in [0.25, 0.3) is 11.8 Å². The Hall–Kier alpha value is -2.90. The van der Waals surface area contributed by atoms with Crippen molar-refractivity contribution in [2.45, 2.75) is 19.9 Å². The Kier molecular flexibility index (Phi) is 4.17. The molecule has 0 radical (unpaired) electrons. The highest BCUT2D eigenvalue weighted by Gasteiger charge is 2.12. The van der Waals surface area contributed by atoms with Gasteiger partial charge in [-0.1, -0.05) is 6.07 Å². The fourth-order valence-corrected chi connectivity index (χ4v) is 1.65. The van der Waals surface area contributed by atoms with Gasteiger partial charge in [-0.3, -0.25) is 14.7 Å². The number of nitrogens with zero attached hydrogens (tertiary/aromatic N) is 2. The number of aromatic nitrogens is 3. The number of anilines is 2. The molecule has 2 rings (SSSR count). The van der Waals surface area contributed by atoms with Crippen LogP contribution in [0.1, 0.15) is 34.8 Å². The lowest BCUT2D eigenvalue weighted by Gasteiger charge is -2.09. The Morgan fingerprint density at radius 1 is 1.29 bits per heavy atom. The van der Waals surface area contributed by atoms with Gasteiger partial charge in [0.1, 0.15) is 0 Å². The number of carbonyl (C=O) groups excluding carboxylic acids is 2. The van der Waals surface area contributed by atoms with Crippen LogP contribution in [0.2, 0.25) is 0 Å². The number of carbonyl (C=O) groups is 2. The molecule has 0 atom stereocenters. The Labute approximate surface area is 121 Å². The van der Waals surface area contributed by atoms with E-state index in [1.807, 2.05) is 13.8 Å². The van der Waals surface area contributed by atoms with Crippen molar-refractivity contribution in [1.82, 2.24) is 20.5 Å². The molecule has 8 heteroatoms. The van der Waals surface area contributed by atoms with E-state index in [4.69, 9.17) is 5.73 Å². The fourth-order valence-electron chi connectivity index (χ4n) is 1.65. The molecule has 110 valence electrons. The smallest absolute Gasteiger partial charge is 0.293 e. The molecule has 0 bridgehead atoms. The van der Waals surface area contributed by atoms with Crippen molar-refractivity contribution in [3.8, 4) is 0 Å². The number of aromatic amines is 1. The van der Waals surface area contributed by atoms with Crippen LogP contribution in [0.3, 0.4) is 0 Å². The Balaban J connectivity index is 2.11. The molecular formula is C13H16N6O2. The van der Waals surface area contributed by atoms with Gasteiger partial charge in [0, 0.05) is 17.3 Å². The van der Waals surface area contributed by atoms with Crippen LogP contribution in [0.15, 0.2) is 24.3 Å². The highest BCUT2D eigenvalue weighted by Crippen LogP contribution is 2.12. The summed E-state index contributed by atoms with van der Waals surface area (Å²) in [6, 6.07) is 6.63. The van der Waals surface area contributed by atoms with Gasteiger partial charge >= 0.3 is 0 Å². The lowest BCUT2D eigenvalue weighted by molar-refractivity contribution is 0.0941. The number of H-pyrrole nitrogens is 1. The van der Waals surface area contributed by atoms with Gasteiger partial charge in [0.2, 0.25) is 11.8 Å². The average Bonchev–Trinajstić information content (AvgIpc) is 2.85. The summed E-state index contributed by atoms with van der Waals surface area (Å²) in [6.45, 7) is 3.75. The molecule has 0 aliphatic carbocycles. The van der Waals surface area contributed by atoms with Gasteiger partial charge in [-0.2, -0.15) is 4.98 Å². The van der Waals surface area contributed by atoms with Crippen molar-refractivity contribution in [1.29, 1.82) is 0 Å². The summed E-state index contributed by atoms with van der Waals surface area (Å²) in [6.07, 6.45) is 0. The number of rotatable bonds is 4. The van der Waals surface area contributed by atoms with Crippen molar-refractivity contribution in [2.75, 3.05) is 11.1 Å². The molecule has 2 amide bonds. The third kappa shape index (κ3) is 3.78. The van der Waals surface area contributed by atoms with Crippen molar-refractivity contribution in [2.24, 2.45) is 0 Å². The maximum Gasteiger partial charge on any atom is 0.293 e. The van der Waals surface area contributed by atoms with Crippen LogP contribution < -0.4 is 16.4 Å². The molecule has 1 aromatic carbocycles. The Morgan fingerprint density at radius 2 is 2.05 bits per heavy atom. The lowest BCUT2D eigenvalue weighted by atomic mass is 10.1. The zero-order valence-corrected chi connectivity index (χ0v) is 11.7. The number of hydrogen-bond acceptors (Lipinski definition) is 5. The van der Waals surface area contributed by atoms with E-state index in [0.717, 1.165) is 0 Å². The van der Waals surface area contributed by atoms with Crippen LogP contribution in [-0.2, 0) is 0 Å². The molecule has 0 unspecified atom stereocenters. The molecule has 0 saturated carbocycles. The van der Waals surface area contributed by atoms with E-state index >= 15 is 0 Å². The van der Waals surface area contributed by atoms with Gasteiger partial charge < -0.3 is 16.4 Å². The Bertz CT molecular complexity index is 664. The molecule has 0 spiro atoms. The SMILES string of the molecule is CC(C)NC(=O)c1cccc(NC(=O)c2nc(N)n[nH]2)c1. The number of benzene rings is 1. The summed E-state index contributed by atoms with van der Waals surface area (Å²) >= 11 is 0. The second kappa shape index (κ2) is 6.04. The molecule has 0 aliphatic rings. The van der Waals surface area contributed by atoms with E-state index < -0.39 is 5.91 Å². The second-order valence-electron chi connectivity index (χ2n) is 4.71. The number of amides is 2. The van der Waals surface area contributed by atoms with Crippen LogP contribution in [0.4, 0.5) is 11.6 Å². The summed E-state index contributed by atoms with van der Waals surface area (Å²) in [5.74, 6) is -0.694. The topological polar surface area (TPSA) is 126 Å². The third-order valence-corrected chi connectivity index (χ3v) is 2.52. The first-order valence-corrected chi connectivity index (χ1v) is 6.36. The fraction of sp³-hybridized carbons (Fsp3) is 0.231. The number of nitrogen functional groups attached to an aromatic ring is 1. The van der Waals surface area contributed by atoms with Crippen LogP contribution in [0, 0.1) is 0 Å². The van der Waals surface area contributed by atoms with Crippen molar-refractivity contribution in [3.05, 3.63) is 35.7 Å². The summed E-state index contributed by atoms with van der Waals surface area (Å²) in [4.78, 5) is 27.5. The first-order chi connectivity index (χ1) is 9.95. The summed E-state index contributed by atoms with van der Waals surface area (Å²) in [5, 5.41) is 11.4. The van der Waals surface area contributed by atoms with Crippen LogP contribution in [0.25, 0.3) is 0 Å². The summed E-state index contributed by atoms with van der Waals surface area (Å²) < 4.78 is 0. The van der Waals surface area contributed by atoms with Gasteiger partial charge in [0.15, 0.2) is 0 Å². The molecule has 21 heavy (non-hydrogen) atoms. The summed E-state index contributed by atoms with van der Waals surface area (Å²) in [7, 11) is 0. The Morgan fingerprint density at radius 3 is 2.67 bits per heavy atom. The van der Waals surface area contributed by atoms with Gasteiger partial charge in [0.05, 0.1) is 0 Å². The van der Waals surface area contributed by atoms with E-state index in [-0.39, 0.29) is 23.7 Å². The molecule has 0 fully saturated rings. The highest BCUT2D eigenvalue weighted by molar-refractivity contribution is 6.02. The molecule has 1 aromatic heterocycles. The van der Waals surface area contributed by atoms with Gasteiger partial charge in [-0.05, 0) is 32.0 Å². The molecule has 0 aliphatic heterocycles. The number of nitrogens with one attached hydrogen (secondary N) is 3. The maximum atomic E-state index is 11.9. The third-order valence-electron chi connectivity index (χ3n) is 2.52. The van der Waals surface area contributed by atoms with Crippen molar-refractivity contribution >= 4 is 23.5 Å². The van der Waals surface area contributed by atoms with E-state index in [1.165, 1.54) is 0 Å². The zero-order valence-electron chi connectivity index (χ0n) is 11.7. The van der Waals surface area contributed by atoms with Gasteiger partial charge in [-0.15, -0.1) is 5.10 Å². The monoisotopic (exact) mass is 288 g/mol. The van der Waals surface area contributed by atoms with Crippen molar-refractivity contribution < 1.29 is 9.59 Å². The van der Waals surface area contributed by atoms with Crippen LogP contribution >= 0.6 is 0 Å². The van der Waals surface area contributed by atoms with Crippen molar-refractivity contribution in [3.63, 3.8) is 0 Å². The predicted octanol–water partition coefficient (Wildman–Crippen LogP) is 0.777. The van der Waals surface area contributed by atoms with Gasteiger partial charge in [-0.25, -0.2) is 0 Å². The van der Waals surface area contributed by atoms with E-state index in [1.54, 1.807) is 24.3 Å². The quantitative estimate of drug-likeness (QED) is 0.661. The second-order valence-corrected chi connectivity index (χ2v) is 4.71. The van der Waals surface area contributed by atoms with E-state index in [2.05, 4.69) is 25.8 Å². The largest absolute Gasteiger partial charge is 0.366 e. The normalized spacial score (nSPS) is 10.4. The lowest BCUT2D eigenvalue weighted by Crippen LogP contribution is -2.30. The first-order valence-electron chi connectivity index (χ1n) is 6.36. The standard InChI is InChI=1S/C13H16N6O2/c1-7(2)15-11(20)8-4-3-5-9(6-8)16-12(21)10-17-13(14)19-18-10/h3-7H,1-2H3,(H,15,20)(H,16,21)(H3,14,17,18,19). The molecule has 0 saturated heterocycles. The molecular weight excluding hydrogens is 272 g/mol. The molecule has 5 N–H and O–H groups in total. The minimum Gasteiger partial charge on any atom is -0.366 e. The zero-order chi connectivity index (χ0) is 15.4. The molecule has 8 nitrogen and oxygen atoms in total. The average molecular weight is 288 g/mol. The minimum absolute atomic E-state index is 0.00420. The minimum atomic E-state index is -0.486. The first kappa shape index (κ1) is 14.5. The maximum absolute atomic E-state index is 11.9. The van der Waals surface area contributed by atoms with E-state index in [0.29, 0.717) is 11.3 Å². The summed E-state index contributed by atoms with van der Waals surface area (Å²) in [5.41, 5.74) is 6.27. The molecule has 1 heterocycles. The number of nitrogens with two attached hydrogens (primary N) is 1. The predicted molar refractivity (Wildman–Crippen MR) is 77.8 cm³/mol. The van der Waals surface area contributed by atoms with Crippen LogP contribution in [0.5, 0.6) is 0 Å².